The molecule has 0 unspecified atom stereocenters. The lowest BCUT2D eigenvalue weighted by Crippen LogP contribution is -2.31. The van der Waals surface area contributed by atoms with E-state index >= 15 is 0 Å². The number of rotatable bonds is 2. The molecule has 120 valence electrons. The molecule has 0 saturated carbocycles. The van der Waals surface area contributed by atoms with E-state index in [9.17, 15) is 14.9 Å². The smallest absolute Gasteiger partial charge is 0.270 e. The van der Waals surface area contributed by atoms with Gasteiger partial charge in [0.1, 0.15) is 17.3 Å². The third kappa shape index (κ3) is 2.20. The first-order valence-corrected chi connectivity index (χ1v) is 7.75. The van der Waals surface area contributed by atoms with Crippen LogP contribution in [-0.4, -0.2) is 26.7 Å². The normalized spacial score (nSPS) is 17.4. The Morgan fingerprint density at radius 3 is 2.96 bits per heavy atom. The molecule has 0 radical (unpaired) electrons. The topological polar surface area (TPSA) is 89.4 Å². The SMILES string of the molecule is N#Cc1cc2c(=O)n3ccccc3nc2n(C[C@H]2CCCO2)c1=O. The fourth-order valence-corrected chi connectivity index (χ4v) is 3.11. The van der Waals surface area contributed by atoms with Crippen LogP contribution in [-0.2, 0) is 11.3 Å². The first-order chi connectivity index (χ1) is 11.7. The van der Waals surface area contributed by atoms with Gasteiger partial charge in [-0.25, -0.2) is 4.98 Å². The summed E-state index contributed by atoms with van der Waals surface area (Å²) in [5, 5.41) is 9.50. The molecule has 3 aromatic heterocycles. The predicted octanol–water partition coefficient (Wildman–Crippen LogP) is 1.06. The first kappa shape index (κ1) is 14.6. The van der Waals surface area contributed by atoms with Gasteiger partial charge in [-0.05, 0) is 31.0 Å². The molecule has 3 aromatic rings. The predicted molar refractivity (Wildman–Crippen MR) is 86.9 cm³/mol. The second-order valence-electron chi connectivity index (χ2n) is 5.80. The van der Waals surface area contributed by atoms with Gasteiger partial charge < -0.3 is 4.74 Å². The molecular formula is C17H14N4O3. The fraction of sp³-hybridized carbons (Fsp3) is 0.294. The molecule has 1 fully saturated rings. The number of hydrogen-bond donors (Lipinski definition) is 0. The van der Waals surface area contributed by atoms with Crippen LogP contribution in [0, 0.1) is 11.3 Å². The minimum atomic E-state index is -0.437. The van der Waals surface area contributed by atoms with Gasteiger partial charge in [-0.3, -0.25) is 18.6 Å². The van der Waals surface area contributed by atoms with E-state index < -0.39 is 5.56 Å². The Kier molecular flexibility index (Phi) is 3.40. The van der Waals surface area contributed by atoms with Crippen molar-refractivity contribution in [2.45, 2.75) is 25.5 Å². The summed E-state index contributed by atoms with van der Waals surface area (Å²) in [6, 6.07) is 8.43. The highest BCUT2D eigenvalue weighted by Crippen LogP contribution is 2.16. The number of ether oxygens (including phenoxy) is 1. The molecule has 0 amide bonds. The fourth-order valence-electron chi connectivity index (χ4n) is 3.11. The summed E-state index contributed by atoms with van der Waals surface area (Å²) < 4.78 is 8.41. The van der Waals surface area contributed by atoms with Gasteiger partial charge in [0.25, 0.3) is 11.1 Å². The standard InChI is InChI=1S/C17H14N4O3/c18-9-11-8-13-15(19-14-5-1-2-6-20(14)17(13)23)21(16(11)22)10-12-4-3-7-24-12/h1-2,5-6,8,12H,3-4,7,10H2/t12-/m1/s1. The van der Waals surface area contributed by atoms with E-state index in [1.165, 1.54) is 15.0 Å². The number of aromatic nitrogens is 3. The van der Waals surface area contributed by atoms with Crippen molar-refractivity contribution >= 4 is 16.7 Å². The third-order valence-electron chi connectivity index (χ3n) is 4.30. The summed E-state index contributed by atoms with van der Waals surface area (Å²) in [7, 11) is 0. The van der Waals surface area contributed by atoms with Crippen LogP contribution in [0.25, 0.3) is 16.7 Å². The van der Waals surface area contributed by atoms with E-state index in [1.807, 2.05) is 6.07 Å². The van der Waals surface area contributed by atoms with Crippen molar-refractivity contribution in [2.75, 3.05) is 6.61 Å². The van der Waals surface area contributed by atoms with Crippen LogP contribution in [0.1, 0.15) is 18.4 Å². The second kappa shape index (κ2) is 5.58. The van der Waals surface area contributed by atoms with Gasteiger partial charge in [-0.1, -0.05) is 6.07 Å². The maximum Gasteiger partial charge on any atom is 0.270 e. The second-order valence-corrected chi connectivity index (χ2v) is 5.80. The van der Waals surface area contributed by atoms with Crippen LogP contribution in [0.3, 0.4) is 0 Å². The zero-order chi connectivity index (χ0) is 16.7. The van der Waals surface area contributed by atoms with Crippen LogP contribution >= 0.6 is 0 Å². The largest absolute Gasteiger partial charge is 0.376 e. The summed E-state index contributed by atoms with van der Waals surface area (Å²) in [6.07, 6.45) is 3.30. The first-order valence-electron chi connectivity index (χ1n) is 7.75. The Morgan fingerprint density at radius 2 is 2.21 bits per heavy atom. The Bertz CT molecular complexity index is 1100. The molecule has 24 heavy (non-hydrogen) atoms. The monoisotopic (exact) mass is 322 g/mol. The van der Waals surface area contributed by atoms with Crippen LogP contribution < -0.4 is 11.1 Å². The molecule has 7 nitrogen and oxygen atoms in total. The van der Waals surface area contributed by atoms with Crippen molar-refractivity contribution in [3.63, 3.8) is 0 Å². The number of nitriles is 1. The molecule has 1 aliphatic rings. The Labute approximate surface area is 136 Å². The molecule has 4 heterocycles. The van der Waals surface area contributed by atoms with Crippen molar-refractivity contribution < 1.29 is 4.74 Å². The van der Waals surface area contributed by atoms with Crippen LogP contribution in [0.2, 0.25) is 0 Å². The quantitative estimate of drug-likeness (QED) is 0.658. The summed E-state index contributed by atoms with van der Waals surface area (Å²) in [6.45, 7) is 0.953. The third-order valence-corrected chi connectivity index (χ3v) is 4.30. The zero-order valence-corrected chi connectivity index (χ0v) is 12.8. The van der Waals surface area contributed by atoms with Gasteiger partial charge in [0.2, 0.25) is 0 Å². The average molecular weight is 322 g/mol. The number of pyridine rings is 2. The van der Waals surface area contributed by atoms with Gasteiger partial charge in [-0.2, -0.15) is 5.26 Å². The number of hydrogen-bond acceptors (Lipinski definition) is 5. The molecular weight excluding hydrogens is 308 g/mol. The molecule has 1 atom stereocenters. The summed E-state index contributed by atoms with van der Waals surface area (Å²) >= 11 is 0. The molecule has 0 aliphatic carbocycles. The van der Waals surface area contributed by atoms with E-state index in [2.05, 4.69) is 4.98 Å². The van der Waals surface area contributed by atoms with Crippen LogP contribution in [0.5, 0.6) is 0 Å². The van der Waals surface area contributed by atoms with Gasteiger partial charge in [0.15, 0.2) is 5.65 Å². The number of nitrogens with zero attached hydrogens (tertiary/aromatic N) is 4. The summed E-state index contributed by atoms with van der Waals surface area (Å²) in [5.41, 5.74) is -0.0398. The maximum atomic E-state index is 12.7. The molecule has 1 saturated heterocycles. The van der Waals surface area contributed by atoms with Gasteiger partial charge >= 0.3 is 0 Å². The molecule has 0 spiro atoms. The minimum Gasteiger partial charge on any atom is -0.376 e. The van der Waals surface area contributed by atoms with Crippen molar-refractivity contribution in [1.29, 1.82) is 5.26 Å². The van der Waals surface area contributed by atoms with Gasteiger partial charge in [0, 0.05) is 12.8 Å². The zero-order valence-electron chi connectivity index (χ0n) is 12.8. The highest BCUT2D eigenvalue weighted by molar-refractivity contribution is 5.77. The van der Waals surface area contributed by atoms with Crippen LogP contribution in [0.15, 0.2) is 40.1 Å². The van der Waals surface area contributed by atoms with E-state index in [-0.39, 0.29) is 22.6 Å². The van der Waals surface area contributed by atoms with Crippen molar-refractivity contribution in [1.82, 2.24) is 14.0 Å². The Hall–Kier alpha value is -2.98. The van der Waals surface area contributed by atoms with Gasteiger partial charge in [0.05, 0.1) is 18.0 Å². The molecule has 0 bridgehead atoms. The number of fused-ring (bicyclic) bond motifs is 2. The summed E-state index contributed by atoms with van der Waals surface area (Å²) in [5.74, 6) is 0. The average Bonchev–Trinajstić information content (AvgIpc) is 3.11. The lowest BCUT2D eigenvalue weighted by molar-refractivity contribution is 0.0971. The highest BCUT2D eigenvalue weighted by atomic mass is 16.5. The Morgan fingerprint density at radius 1 is 1.33 bits per heavy atom. The molecule has 1 aliphatic heterocycles. The molecule has 4 rings (SSSR count). The lowest BCUT2D eigenvalue weighted by atomic mass is 10.2. The van der Waals surface area contributed by atoms with E-state index in [4.69, 9.17) is 4.74 Å². The lowest BCUT2D eigenvalue weighted by Gasteiger charge is -2.14. The molecule has 0 N–H and O–H groups in total. The summed E-state index contributed by atoms with van der Waals surface area (Å²) in [4.78, 5) is 29.8. The molecule has 7 heteroatoms. The molecule has 0 aromatic carbocycles. The van der Waals surface area contributed by atoms with Crippen LogP contribution in [0.4, 0.5) is 0 Å². The maximum absolute atomic E-state index is 12.7. The highest BCUT2D eigenvalue weighted by Gasteiger charge is 2.21. The van der Waals surface area contributed by atoms with E-state index in [0.717, 1.165) is 12.8 Å². The van der Waals surface area contributed by atoms with Crippen molar-refractivity contribution in [3.8, 4) is 6.07 Å². The van der Waals surface area contributed by atoms with E-state index in [1.54, 1.807) is 24.4 Å². The van der Waals surface area contributed by atoms with Crippen molar-refractivity contribution in [3.05, 3.63) is 56.7 Å². The van der Waals surface area contributed by atoms with Crippen molar-refractivity contribution in [2.24, 2.45) is 0 Å². The van der Waals surface area contributed by atoms with E-state index in [0.29, 0.717) is 24.4 Å². The van der Waals surface area contributed by atoms with Gasteiger partial charge in [-0.15, -0.1) is 0 Å². The Balaban J connectivity index is 2.07. The minimum absolute atomic E-state index is 0.0599.